The Kier molecular flexibility index (Phi) is 5.55. The van der Waals surface area contributed by atoms with Crippen molar-refractivity contribution in [3.8, 4) is 0 Å². The van der Waals surface area contributed by atoms with E-state index in [1.165, 1.54) is 12.8 Å². The number of carbonyl (C=O) groups is 1. The van der Waals surface area contributed by atoms with Gasteiger partial charge in [-0.05, 0) is 32.5 Å². The molecule has 2 heterocycles. The quantitative estimate of drug-likeness (QED) is 0.845. The number of aromatic amines is 1. The first-order chi connectivity index (χ1) is 9.70. The van der Waals surface area contributed by atoms with E-state index in [9.17, 15) is 4.79 Å². The van der Waals surface area contributed by atoms with Crippen molar-refractivity contribution in [2.75, 3.05) is 20.7 Å². The van der Waals surface area contributed by atoms with Gasteiger partial charge in [-0.3, -0.25) is 14.8 Å². The molecule has 1 fully saturated rings. The summed E-state index contributed by atoms with van der Waals surface area (Å²) in [5, 5.41) is 10.0. The minimum Gasteiger partial charge on any atom is -0.378 e. The summed E-state index contributed by atoms with van der Waals surface area (Å²) < 4.78 is 5.01. The molecule has 0 radical (unpaired) electrons. The zero-order chi connectivity index (χ0) is 14.4. The molecule has 0 spiro atoms. The third kappa shape index (κ3) is 4.05. The summed E-state index contributed by atoms with van der Waals surface area (Å²) in [6, 6.07) is 1.92. The maximum Gasteiger partial charge on any atom is 0.237 e. The first kappa shape index (κ1) is 15.0. The largest absolute Gasteiger partial charge is 0.378 e. The number of ether oxygens (including phenoxy) is 1. The average Bonchev–Trinajstić information content (AvgIpc) is 2.77. The molecule has 0 saturated carbocycles. The van der Waals surface area contributed by atoms with Gasteiger partial charge in [-0.2, -0.15) is 5.10 Å². The zero-order valence-electron chi connectivity index (χ0n) is 12.3. The van der Waals surface area contributed by atoms with Crippen LogP contribution in [-0.2, 0) is 22.7 Å². The summed E-state index contributed by atoms with van der Waals surface area (Å²) >= 11 is 0. The molecular weight excluding hydrogens is 256 g/mol. The molecule has 1 atom stereocenters. The van der Waals surface area contributed by atoms with E-state index in [1.807, 2.05) is 13.1 Å². The second-order valence-electron chi connectivity index (χ2n) is 5.38. The number of amides is 1. The van der Waals surface area contributed by atoms with Gasteiger partial charge in [0, 0.05) is 7.11 Å². The number of nitrogens with zero attached hydrogens (tertiary/aromatic N) is 2. The number of rotatable bonds is 5. The van der Waals surface area contributed by atoms with Crippen molar-refractivity contribution < 1.29 is 9.53 Å². The van der Waals surface area contributed by atoms with E-state index < -0.39 is 0 Å². The van der Waals surface area contributed by atoms with Crippen LogP contribution in [0, 0.1) is 0 Å². The van der Waals surface area contributed by atoms with E-state index in [-0.39, 0.29) is 11.9 Å². The second-order valence-corrected chi connectivity index (χ2v) is 5.38. The molecule has 0 aromatic carbocycles. The van der Waals surface area contributed by atoms with Crippen molar-refractivity contribution in [2.24, 2.45) is 0 Å². The monoisotopic (exact) mass is 280 g/mol. The van der Waals surface area contributed by atoms with Gasteiger partial charge < -0.3 is 10.1 Å². The van der Waals surface area contributed by atoms with Crippen LogP contribution in [0.15, 0.2) is 6.07 Å². The van der Waals surface area contributed by atoms with Gasteiger partial charge in [0.1, 0.15) is 0 Å². The van der Waals surface area contributed by atoms with E-state index in [0.29, 0.717) is 13.2 Å². The van der Waals surface area contributed by atoms with Crippen LogP contribution >= 0.6 is 0 Å². The van der Waals surface area contributed by atoms with Crippen LogP contribution in [0.4, 0.5) is 0 Å². The highest BCUT2D eigenvalue weighted by Gasteiger charge is 2.24. The average molecular weight is 280 g/mol. The normalized spacial score (nSPS) is 20.6. The molecule has 2 N–H and O–H groups in total. The molecule has 2 rings (SSSR count). The molecule has 112 valence electrons. The van der Waals surface area contributed by atoms with Crippen LogP contribution < -0.4 is 5.32 Å². The SMILES string of the molecule is COCc1cc(CNC(=O)[C@H]2CCCCCN2C)[nH]n1. The van der Waals surface area contributed by atoms with Crippen molar-refractivity contribution in [3.05, 3.63) is 17.5 Å². The van der Waals surface area contributed by atoms with E-state index in [4.69, 9.17) is 4.74 Å². The summed E-state index contributed by atoms with van der Waals surface area (Å²) in [6.45, 7) is 1.97. The lowest BCUT2D eigenvalue weighted by Gasteiger charge is -2.24. The maximum atomic E-state index is 12.3. The molecule has 1 aromatic rings. The maximum absolute atomic E-state index is 12.3. The van der Waals surface area contributed by atoms with Crippen LogP contribution in [0.1, 0.15) is 37.1 Å². The topological polar surface area (TPSA) is 70.2 Å². The van der Waals surface area contributed by atoms with Crippen molar-refractivity contribution in [2.45, 2.75) is 44.9 Å². The van der Waals surface area contributed by atoms with Gasteiger partial charge in [-0.15, -0.1) is 0 Å². The van der Waals surface area contributed by atoms with Crippen LogP contribution in [-0.4, -0.2) is 47.7 Å². The first-order valence-electron chi connectivity index (χ1n) is 7.20. The van der Waals surface area contributed by atoms with Gasteiger partial charge in [0.15, 0.2) is 0 Å². The van der Waals surface area contributed by atoms with Crippen molar-refractivity contribution >= 4 is 5.91 Å². The number of hydrogen-bond donors (Lipinski definition) is 2. The number of H-pyrrole nitrogens is 1. The fourth-order valence-electron chi connectivity index (χ4n) is 2.60. The molecule has 6 heteroatoms. The second kappa shape index (κ2) is 7.40. The summed E-state index contributed by atoms with van der Waals surface area (Å²) in [5.74, 6) is 0.109. The van der Waals surface area contributed by atoms with Gasteiger partial charge >= 0.3 is 0 Å². The van der Waals surface area contributed by atoms with E-state index >= 15 is 0 Å². The summed E-state index contributed by atoms with van der Waals surface area (Å²) in [5.41, 5.74) is 1.75. The number of likely N-dealkylation sites (N-methyl/N-ethyl adjacent to an activating group) is 1. The zero-order valence-corrected chi connectivity index (χ0v) is 12.3. The lowest BCUT2D eigenvalue weighted by molar-refractivity contribution is -0.126. The lowest BCUT2D eigenvalue weighted by atomic mass is 10.1. The number of methoxy groups -OCH3 is 1. The van der Waals surface area contributed by atoms with Gasteiger partial charge in [0.05, 0.1) is 30.6 Å². The minimum atomic E-state index is -0.00105. The Balaban J connectivity index is 1.83. The molecule has 1 amide bonds. The molecule has 1 aliphatic rings. The Morgan fingerprint density at radius 1 is 1.55 bits per heavy atom. The molecule has 0 unspecified atom stereocenters. The number of carbonyl (C=O) groups excluding carboxylic acids is 1. The number of aromatic nitrogens is 2. The van der Waals surface area contributed by atoms with E-state index in [2.05, 4.69) is 20.4 Å². The van der Waals surface area contributed by atoms with Crippen LogP contribution in [0.5, 0.6) is 0 Å². The predicted molar refractivity (Wildman–Crippen MR) is 76.0 cm³/mol. The van der Waals surface area contributed by atoms with Crippen LogP contribution in [0.2, 0.25) is 0 Å². The van der Waals surface area contributed by atoms with Crippen molar-refractivity contribution in [3.63, 3.8) is 0 Å². The van der Waals surface area contributed by atoms with E-state index in [1.54, 1.807) is 7.11 Å². The van der Waals surface area contributed by atoms with Crippen LogP contribution in [0.3, 0.4) is 0 Å². The third-order valence-corrected chi connectivity index (χ3v) is 3.75. The molecule has 0 bridgehead atoms. The highest BCUT2D eigenvalue weighted by molar-refractivity contribution is 5.81. The molecule has 6 nitrogen and oxygen atoms in total. The first-order valence-corrected chi connectivity index (χ1v) is 7.20. The van der Waals surface area contributed by atoms with E-state index in [0.717, 1.165) is 30.8 Å². The van der Waals surface area contributed by atoms with Crippen LogP contribution in [0.25, 0.3) is 0 Å². The lowest BCUT2D eigenvalue weighted by Crippen LogP contribution is -2.44. The summed E-state index contributed by atoms with van der Waals surface area (Å²) in [6.07, 6.45) is 4.47. The number of hydrogen-bond acceptors (Lipinski definition) is 4. The Labute approximate surface area is 119 Å². The number of likely N-dealkylation sites (tertiary alicyclic amines) is 1. The Hall–Kier alpha value is -1.40. The molecular formula is C14H24N4O2. The molecule has 1 aliphatic heterocycles. The molecule has 20 heavy (non-hydrogen) atoms. The standard InChI is InChI=1S/C14H24N4O2/c1-18-7-5-3-4-6-13(18)14(19)15-9-11-8-12(10-20-2)17-16-11/h8,13H,3-7,9-10H2,1-2H3,(H,15,19)(H,16,17)/t13-/m1/s1. The van der Waals surface area contributed by atoms with Gasteiger partial charge in [-0.1, -0.05) is 12.8 Å². The summed E-state index contributed by atoms with van der Waals surface area (Å²) in [7, 11) is 3.67. The fourth-order valence-corrected chi connectivity index (χ4v) is 2.60. The Morgan fingerprint density at radius 3 is 3.20 bits per heavy atom. The highest BCUT2D eigenvalue weighted by Crippen LogP contribution is 2.15. The Morgan fingerprint density at radius 2 is 2.40 bits per heavy atom. The third-order valence-electron chi connectivity index (χ3n) is 3.75. The van der Waals surface area contributed by atoms with Gasteiger partial charge in [0.2, 0.25) is 5.91 Å². The fraction of sp³-hybridized carbons (Fsp3) is 0.714. The van der Waals surface area contributed by atoms with Crippen molar-refractivity contribution in [1.82, 2.24) is 20.4 Å². The molecule has 1 saturated heterocycles. The molecule has 0 aliphatic carbocycles. The molecule has 1 aromatic heterocycles. The predicted octanol–water partition coefficient (Wildman–Crippen LogP) is 1.05. The summed E-state index contributed by atoms with van der Waals surface area (Å²) in [4.78, 5) is 14.4. The number of nitrogens with one attached hydrogen (secondary N) is 2. The van der Waals surface area contributed by atoms with Crippen molar-refractivity contribution in [1.29, 1.82) is 0 Å². The minimum absolute atomic E-state index is 0.00105. The van der Waals surface area contributed by atoms with Gasteiger partial charge in [-0.25, -0.2) is 0 Å². The smallest absolute Gasteiger partial charge is 0.237 e. The van der Waals surface area contributed by atoms with Gasteiger partial charge in [0.25, 0.3) is 0 Å². The Bertz CT molecular complexity index is 433. The highest BCUT2D eigenvalue weighted by atomic mass is 16.5.